The zero-order valence-electron chi connectivity index (χ0n) is 14.7. The highest BCUT2D eigenvalue weighted by molar-refractivity contribution is 6.02. The molecule has 5 nitrogen and oxygen atoms in total. The van der Waals surface area contributed by atoms with E-state index in [2.05, 4.69) is 17.6 Å². The molecule has 2 fully saturated rings. The smallest absolute Gasteiger partial charge is 0.248 e. The van der Waals surface area contributed by atoms with E-state index in [0.717, 1.165) is 18.6 Å². The van der Waals surface area contributed by atoms with E-state index < -0.39 is 0 Å². The molecule has 4 rings (SSSR count). The van der Waals surface area contributed by atoms with Crippen LogP contribution in [0.2, 0.25) is 0 Å². The van der Waals surface area contributed by atoms with Gasteiger partial charge in [-0.2, -0.15) is 0 Å². The third-order valence-corrected chi connectivity index (χ3v) is 4.87. The number of amides is 2. The summed E-state index contributed by atoms with van der Waals surface area (Å²) in [6.45, 7) is 2.21. The minimum atomic E-state index is -0.242. The molecule has 2 aliphatic carbocycles. The number of rotatable bonds is 6. The first-order chi connectivity index (χ1) is 12.6. The molecule has 0 saturated heterocycles. The largest absolute Gasteiger partial charge is 0.461 e. The van der Waals surface area contributed by atoms with Crippen LogP contribution >= 0.6 is 0 Å². The number of benzene rings is 1. The topological polar surface area (TPSA) is 71.3 Å². The number of anilines is 2. The molecule has 2 N–H and O–H groups in total. The van der Waals surface area contributed by atoms with Crippen molar-refractivity contribution in [2.75, 3.05) is 10.6 Å². The van der Waals surface area contributed by atoms with Crippen molar-refractivity contribution in [2.24, 2.45) is 11.8 Å². The molecule has 26 heavy (non-hydrogen) atoms. The average Bonchev–Trinajstić information content (AvgIpc) is 3.53. The van der Waals surface area contributed by atoms with Gasteiger partial charge in [-0.25, -0.2) is 0 Å². The molecule has 5 heteroatoms. The number of nitrogens with one attached hydrogen (secondary N) is 2. The van der Waals surface area contributed by atoms with Gasteiger partial charge in [0.15, 0.2) is 0 Å². The van der Waals surface area contributed by atoms with E-state index in [0.29, 0.717) is 29.0 Å². The lowest BCUT2D eigenvalue weighted by Gasteiger charge is -2.07. The Morgan fingerprint density at radius 1 is 1.12 bits per heavy atom. The Morgan fingerprint density at radius 2 is 1.85 bits per heavy atom. The van der Waals surface area contributed by atoms with Crippen molar-refractivity contribution in [3.63, 3.8) is 0 Å². The summed E-state index contributed by atoms with van der Waals surface area (Å²) in [5, 5.41) is 5.68. The molecule has 1 heterocycles. The molecule has 0 bridgehead atoms. The zero-order valence-corrected chi connectivity index (χ0v) is 14.7. The third kappa shape index (κ3) is 4.04. The molecule has 0 radical (unpaired) electrons. The Balaban J connectivity index is 1.33. The SMILES string of the molecule is CC1CC1c1ccc(/C=C/C(=O)Nc2cccc(NC(=O)C3CC3)c2)o1. The molecule has 0 aliphatic heterocycles. The van der Waals surface area contributed by atoms with Gasteiger partial charge in [0.1, 0.15) is 11.5 Å². The van der Waals surface area contributed by atoms with Crippen molar-refractivity contribution >= 4 is 29.3 Å². The molecule has 2 aromatic rings. The van der Waals surface area contributed by atoms with Crippen molar-refractivity contribution in [1.29, 1.82) is 0 Å². The summed E-state index contributed by atoms with van der Waals surface area (Å²) in [7, 11) is 0. The van der Waals surface area contributed by atoms with Crippen LogP contribution in [0.25, 0.3) is 6.08 Å². The molecular formula is C21H22N2O3. The second-order valence-electron chi connectivity index (χ2n) is 7.23. The van der Waals surface area contributed by atoms with Crippen LogP contribution in [0, 0.1) is 11.8 Å². The van der Waals surface area contributed by atoms with Gasteiger partial charge in [-0.3, -0.25) is 9.59 Å². The summed E-state index contributed by atoms with van der Waals surface area (Å²) >= 11 is 0. The first-order valence-electron chi connectivity index (χ1n) is 9.08. The van der Waals surface area contributed by atoms with Crippen molar-refractivity contribution in [2.45, 2.75) is 32.1 Å². The fourth-order valence-corrected chi connectivity index (χ4v) is 2.98. The maximum Gasteiger partial charge on any atom is 0.248 e. The summed E-state index contributed by atoms with van der Waals surface area (Å²) in [6.07, 6.45) is 6.21. The van der Waals surface area contributed by atoms with Crippen LogP contribution in [0.15, 0.2) is 46.9 Å². The van der Waals surface area contributed by atoms with E-state index in [4.69, 9.17) is 4.42 Å². The Labute approximate surface area is 152 Å². The minimum Gasteiger partial charge on any atom is -0.461 e. The van der Waals surface area contributed by atoms with Gasteiger partial charge in [0.25, 0.3) is 0 Å². The van der Waals surface area contributed by atoms with Gasteiger partial charge in [-0.1, -0.05) is 13.0 Å². The van der Waals surface area contributed by atoms with Crippen LogP contribution in [0.3, 0.4) is 0 Å². The predicted molar refractivity (Wildman–Crippen MR) is 101 cm³/mol. The number of hydrogen-bond acceptors (Lipinski definition) is 3. The fourth-order valence-electron chi connectivity index (χ4n) is 2.98. The minimum absolute atomic E-state index is 0.0481. The highest BCUT2D eigenvalue weighted by Gasteiger charge is 2.36. The van der Waals surface area contributed by atoms with E-state index in [-0.39, 0.29) is 17.7 Å². The molecule has 2 unspecified atom stereocenters. The second-order valence-corrected chi connectivity index (χ2v) is 7.23. The Bertz CT molecular complexity index is 864. The quantitative estimate of drug-likeness (QED) is 0.758. The lowest BCUT2D eigenvalue weighted by atomic mass is 10.2. The van der Waals surface area contributed by atoms with Crippen LogP contribution < -0.4 is 10.6 Å². The van der Waals surface area contributed by atoms with E-state index in [1.165, 1.54) is 12.5 Å². The summed E-state index contributed by atoms with van der Waals surface area (Å²) in [4.78, 5) is 23.9. The molecule has 2 aliphatic rings. The zero-order chi connectivity index (χ0) is 18.1. The molecule has 134 valence electrons. The van der Waals surface area contributed by atoms with Gasteiger partial charge in [0.2, 0.25) is 11.8 Å². The Morgan fingerprint density at radius 3 is 2.54 bits per heavy atom. The van der Waals surface area contributed by atoms with Crippen molar-refractivity contribution in [3.05, 3.63) is 54.0 Å². The fraction of sp³-hybridized carbons (Fsp3) is 0.333. The van der Waals surface area contributed by atoms with E-state index in [1.54, 1.807) is 24.3 Å². The van der Waals surface area contributed by atoms with Crippen molar-refractivity contribution in [1.82, 2.24) is 0 Å². The Kier molecular flexibility index (Phi) is 4.37. The van der Waals surface area contributed by atoms with Crippen LogP contribution in [0.4, 0.5) is 11.4 Å². The summed E-state index contributed by atoms with van der Waals surface area (Å²) in [6, 6.07) is 11.0. The first-order valence-corrected chi connectivity index (χ1v) is 9.08. The van der Waals surface area contributed by atoms with Crippen LogP contribution in [-0.2, 0) is 9.59 Å². The molecular weight excluding hydrogens is 328 g/mol. The second kappa shape index (κ2) is 6.83. The molecule has 2 amide bonds. The van der Waals surface area contributed by atoms with Gasteiger partial charge in [0.05, 0.1) is 0 Å². The highest BCUT2D eigenvalue weighted by Crippen LogP contribution is 2.47. The lowest BCUT2D eigenvalue weighted by molar-refractivity contribution is -0.117. The van der Waals surface area contributed by atoms with Gasteiger partial charge in [-0.15, -0.1) is 0 Å². The van der Waals surface area contributed by atoms with Crippen molar-refractivity contribution in [3.8, 4) is 0 Å². The molecule has 2 saturated carbocycles. The standard InChI is InChI=1S/C21H22N2O3/c1-13-11-18(13)19-9-7-17(26-19)8-10-20(24)22-15-3-2-4-16(12-15)23-21(25)14-5-6-14/h2-4,7-10,12-14,18H,5-6,11H2,1H3,(H,22,24)(H,23,25)/b10-8+. The maximum absolute atomic E-state index is 12.1. The molecule has 0 spiro atoms. The summed E-state index contributed by atoms with van der Waals surface area (Å²) in [5.74, 6) is 2.85. The number of hydrogen-bond donors (Lipinski definition) is 2. The number of carbonyl (C=O) groups is 2. The van der Waals surface area contributed by atoms with Crippen LogP contribution in [0.5, 0.6) is 0 Å². The van der Waals surface area contributed by atoms with Crippen LogP contribution in [-0.4, -0.2) is 11.8 Å². The average molecular weight is 350 g/mol. The van der Waals surface area contributed by atoms with E-state index in [1.807, 2.05) is 18.2 Å². The van der Waals surface area contributed by atoms with E-state index >= 15 is 0 Å². The van der Waals surface area contributed by atoms with Gasteiger partial charge in [0, 0.05) is 29.3 Å². The van der Waals surface area contributed by atoms with Crippen LogP contribution in [0.1, 0.15) is 43.6 Å². The maximum atomic E-state index is 12.1. The molecule has 1 aromatic carbocycles. The lowest BCUT2D eigenvalue weighted by Crippen LogP contribution is -2.14. The predicted octanol–water partition coefficient (Wildman–Crippen LogP) is 4.40. The number of carbonyl (C=O) groups excluding carboxylic acids is 2. The summed E-state index contributed by atoms with van der Waals surface area (Å²) < 4.78 is 5.76. The Hall–Kier alpha value is -2.82. The molecule has 2 atom stereocenters. The first kappa shape index (κ1) is 16.6. The normalized spacial score (nSPS) is 21.6. The molecule has 1 aromatic heterocycles. The third-order valence-electron chi connectivity index (χ3n) is 4.87. The van der Waals surface area contributed by atoms with E-state index in [9.17, 15) is 9.59 Å². The number of furan rings is 1. The summed E-state index contributed by atoms with van der Waals surface area (Å²) in [5.41, 5.74) is 1.33. The van der Waals surface area contributed by atoms with Gasteiger partial charge in [-0.05, 0) is 61.6 Å². The van der Waals surface area contributed by atoms with Crippen molar-refractivity contribution < 1.29 is 14.0 Å². The van der Waals surface area contributed by atoms with Gasteiger partial charge < -0.3 is 15.1 Å². The van der Waals surface area contributed by atoms with Gasteiger partial charge >= 0.3 is 0 Å². The monoisotopic (exact) mass is 350 g/mol. The highest BCUT2D eigenvalue weighted by atomic mass is 16.3.